The Balaban J connectivity index is 1.84. The number of esters is 1. The van der Waals surface area contributed by atoms with E-state index < -0.39 is 13.9 Å². The van der Waals surface area contributed by atoms with E-state index in [0.29, 0.717) is 18.8 Å². The minimum atomic E-state index is -1.82. The molecule has 0 aromatic heterocycles. The topological polar surface area (TPSA) is 48.1 Å². The summed E-state index contributed by atoms with van der Waals surface area (Å²) in [4.78, 5) is 12.0. The average Bonchev–Trinajstić information content (AvgIpc) is 3.23. The first-order valence-corrected chi connectivity index (χ1v) is 10.6. The second-order valence-corrected chi connectivity index (χ2v) is 12.3. The van der Waals surface area contributed by atoms with E-state index in [1.165, 1.54) is 0 Å². The molecule has 122 valence electrons. The Morgan fingerprint density at radius 3 is 2.32 bits per heavy atom. The van der Waals surface area contributed by atoms with Gasteiger partial charge in [-0.1, -0.05) is 39.0 Å². The van der Waals surface area contributed by atoms with Gasteiger partial charge in [0.15, 0.2) is 8.32 Å². The van der Waals surface area contributed by atoms with Gasteiger partial charge in [0.05, 0.1) is 18.8 Å². The van der Waals surface area contributed by atoms with Crippen molar-refractivity contribution in [2.24, 2.45) is 0 Å². The van der Waals surface area contributed by atoms with Crippen LogP contribution in [0.25, 0.3) is 0 Å². The van der Waals surface area contributed by atoms with E-state index in [-0.39, 0.29) is 17.6 Å². The van der Waals surface area contributed by atoms with Gasteiger partial charge in [0.2, 0.25) is 0 Å². The molecule has 1 saturated heterocycles. The van der Waals surface area contributed by atoms with Crippen LogP contribution in [0.1, 0.15) is 31.1 Å². The SMILES string of the molecule is CC(C)(C)[Si](C)(C)OC[C@@]1(COC(=O)c2ccccc2)CO1. The summed E-state index contributed by atoms with van der Waals surface area (Å²) in [5.41, 5.74) is 0.114. The van der Waals surface area contributed by atoms with Crippen molar-refractivity contribution in [1.82, 2.24) is 0 Å². The first-order valence-electron chi connectivity index (χ1n) is 7.65. The van der Waals surface area contributed by atoms with Crippen LogP contribution in [0.4, 0.5) is 0 Å². The molecule has 2 rings (SSSR count). The number of carbonyl (C=O) groups is 1. The summed E-state index contributed by atoms with van der Waals surface area (Å²) < 4.78 is 17.1. The molecule has 0 bridgehead atoms. The van der Waals surface area contributed by atoms with Crippen LogP contribution in [-0.4, -0.2) is 39.7 Å². The lowest BCUT2D eigenvalue weighted by atomic mass is 10.2. The maximum atomic E-state index is 12.0. The highest BCUT2D eigenvalue weighted by atomic mass is 28.4. The number of epoxide rings is 1. The summed E-state index contributed by atoms with van der Waals surface area (Å²) in [6, 6.07) is 9.00. The first kappa shape index (κ1) is 17.2. The van der Waals surface area contributed by atoms with E-state index in [4.69, 9.17) is 13.9 Å². The van der Waals surface area contributed by atoms with Gasteiger partial charge in [0.1, 0.15) is 12.2 Å². The number of hydrogen-bond acceptors (Lipinski definition) is 4. The number of carbonyl (C=O) groups excluding carboxylic acids is 1. The molecular formula is C17H26O4Si. The number of benzene rings is 1. The minimum absolute atomic E-state index is 0.157. The third-order valence-corrected chi connectivity index (χ3v) is 9.01. The Hall–Kier alpha value is -1.17. The van der Waals surface area contributed by atoms with E-state index in [0.717, 1.165) is 0 Å². The third-order valence-electron chi connectivity index (χ3n) is 4.53. The molecule has 0 saturated carbocycles. The molecule has 0 spiro atoms. The smallest absolute Gasteiger partial charge is 0.338 e. The van der Waals surface area contributed by atoms with Gasteiger partial charge in [-0.3, -0.25) is 0 Å². The predicted molar refractivity (Wildman–Crippen MR) is 88.6 cm³/mol. The van der Waals surface area contributed by atoms with Crippen molar-refractivity contribution >= 4 is 14.3 Å². The Kier molecular flexibility index (Phi) is 4.80. The minimum Gasteiger partial charge on any atom is -0.459 e. The van der Waals surface area contributed by atoms with Crippen molar-refractivity contribution in [3.8, 4) is 0 Å². The summed E-state index contributed by atoms with van der Waals surface area (Å²) in [5, 5.41) is 0.157. The summed E-state index contributed by atoms with van der Waals surface area (Å²) in [6.07, 6.45) is 0. The van der Waals surface area contributed by atoms with Crippen molar-refractivity contribution in [2.75, 3.05) is 19.8 Å². The highest BCUT2D eigenvalue weighted by Crippen LogP contribution is 2.38. The molecule has 22 heavy (non-hydrogen) atoms. The zero-order valence-electron chi connectivity index (χ0n) is 14.1. The number of ether oxygens (including phenoxy) is 2. The van der Waals surface area contributed by atoms with E-state index in [2.05, 4.69) is 33.9 Å². The van der Waals surface area contributed by atoms with Crippen LogP contribution in [0.5, 0.6) is 0 Å². The standard InChI is InChI=1S/C17H26O4Si/c1-16(2,3)22(4,5)21-13-17(12-20-17)11-19-15(18)14-9-7-6-8-10-14/h6-10H,11-13H2,1-5H3/t17-/m1/s1. The summed E-state index contributed by atoms with van der Waals surface area (Å²) in [6.45, 7) is 12.3. The van der Waals surface area contributed by atoms with Crippen LogP contribution in [0, 0.1) is 0 Å². The fourth-order valence-electron chi connectivity index (χ4n) is 1.69. The summed E-state index contributed by atoms with van der Waals surface area (Å²) in [5.74, 6) is -0.317. The van der Waals surface area contributed by atoms with Gasteiger partial charge >= 0.3 is 5.97 Å². The van der Waals surface area contributed by atoms with Crippen molar-refractivity contribution in [3.05, 3.63) is 35.9 Å². The van der Waals surface area contributed by atoms with E-state index in [1.807, 2.05) is 18.2 Å². The maximum Gasteiger partial charge on any atom is 0.338 e. The Labute approximate surface area is 133 Å². The molecule has 5 heteroatoms. The third kappa shape index (κ3) is 4.18. The molecule has 1 aliphatic rings. The molecule has 1 aliphatic heterocycles. The molecular weight excluding hydrogens is 296 g/mol. The van der Waals surface area contributed by atoms with Crippen LogP contribution in [0.15, 0.2) is 30.3 Å². The van der Waals surface area contributed by atoms with Gasteiger partial charge < -0.3 is 13.9 Å². The van der Waals surface area contributed by atoms with Crippen LogP contribution in [-0.2, 0) is 13.9 Å². The largest absolute Gasteiger partial charge is 0.459 e. The predicted octanol–water partition coefficient (Wildman–Crippen LogP) is 3.63. The fourth-order valence-corrected chi connectivity index (χ4v) is 2.75. The van der Waals surface area contributed by atoms with Crippen molar-refractivity contribution in [3.63, 3.8) is 0 Å². The molecule has 0 aliphatic carbocycles. The molecule has 1 heterocycles. The van der Waals surface area contributed by atoms with Crippen molar-refractivity contribution in [2.45, 2.75) is 44.5 Å². The summed E-state index contributed by atoms with van der Waals surface area (Å²) >= 11 is 0. The van der Waals surface area contributed by atoms with Gasteiger partial charge in [-0.2, -0.15) is 0 Å². The number of hydrogen-bond donors (Lipinski definition) is 0. The Morgan fingerprint density at radius 2 is 1.82 bits per heavy atom. The molecule has 0 N–H and O–H groups in total. The average molecular weight is 322 g/mol. The zero-order chi connectivity index (χ0) is 16.4. The highest BCUT2D eigenvalue weighted by Gasteiger charge is 2.49. The summed E-state index contributed by atoms with van der Waals surface area (Å²) in [7, 11) is -1.82. The molecule has 4 nitrogen and oxygen atoms in total. The fraction of sp³-hybridized carbons (Fsp3) is 0.588. The molecule has 1 atom stereocenters. The lowest BCUT2D eigenvalue weighted by Gasteiger charge is -2.36. The highest BCUT2D eigenvalue weighted by molar-refractivity contribution is 6.74. The van der Waals surface area contributed by atoms with Crippen LogP contribution in [0.3, 0.4) is 0 Å². The molecule has 1 aromatic rings. The quantitative estimate of drug-likeness (QED) is 0.456. The molecule has 0 amide bonds. The second-order valence-electron chi connectivity index (χ2n) is 7.46. The van der Waals surface area contributed by atoms with E-state index in [9.17, 15) is 4.79 Å². The lowest BCUT2D eigenvalue weighted by molar-refractivity contribution is 0.0324. The molecule has 0 unspecified atom stereocenters. The Bertz CT molecular complexity index is 515. The van der Waals surface area contributed by atoms with Crippen LogP contribution in [0.2, 0.25) is 18.1 Å². The zero-order valence-corrected chi connectivity index (χ0v) is 15.1. The van der Waals surface area contributed by atoms with E-state index in [1.54, 1.807) is 12.1 Å². The molecule has 1 aromatic carbocycles. The Morgan fingerprint density at radius 1 is 1.23 bits per heavy atom. The van der Waals surface area contributed by atoms with Crippen LogP contribution < -0.4 is 0 Å². The number of rotatable bonds is 6. The van der Waals surface area contributed by atoms with Gasteiger partial charge in [-0.15, -0.1) is 0 Å². The van der Waals surface area contributed by atoms with E-state index >= 15 is 0 Å². The van der Waals surface area contributed by atoms with Gasteiger partial charge in [0, 0.05) is 0 Å². The molecule has 1 fully saturated rings. The van der Waals surface area contributed by atoms with Gasteiger partial charge in [0.25, 0.3) is 0 Å². The molecule has 0 radical (unpaired) electrons. The monoisotopic (exact) mass is 322 g/mol. The van der Waals surface area contributed by atoms with Gasteiger partial charge in [-0.25, -0.2) is 4.79 Å². The normalized spacial score (nSPS) is 21.5. The van der Waals surface area contributed by atoms with Crippen LogP contribution >= 0.6 is 0 Å². The van der Waals surface area contributed by atoms with Gasteiger partial charge in [-0.05, 0) is 30.3 Å². The van der Waals surface area contributed by atoms with Crippen molar-refractivity contribution in [1.29, 1.82) is 0 Å². The lowest BCUT2D eigenvalue weighted by Crippen LogP contribution is -2.44. The maximum absolute atomic E-state index is 12.0. The second kappa shape index (κ2) is 6.14. The first-order chi connectivity index (χ1) is 10.2. The van der Waals surface area contributed by atoms with Crippen molar-refractivity contribution < 1.29 is 18.7 Å².